The van der Waals surface area contributed by atoms with Gasteiger partial charge in [-0.25, -0.2) is 0 Å². The molecule has 0 heterocycles. The van der Waals surface area contributed by atoms with Gasteiger partial charge in [0.1, 0.15) is 6.10 Å². The summed E-state index contributed by atoms with van der Waals surface area (Å²) < 4.78 is 5.82. The number of hydrogen-bond donors (Lipinski definition) is 2. The number of carbonyl (C=O) groups is 1. The highest BCUT2D eigenvalue weighted by atomic mass is 79.9. The fraction of sp³-hybridized carbons (Fsp3) is 0.300. The van der Waals surface area contributed by atoms with Crippen molar-refractivity contribution in [2.24, 2.45) is 5.73 Å². The molecule has 4 nitrogen and oxygen atoms in total. The molecule has 0 aliphatic heterocycles. The Balaban J connectivity index is 2.65. The van der Waals surface area contributed by atoms with E-state index in [4.69, 9.17) is 10.5 Å². The Morgan fingerprint density at radius 3 is 2.93 bits per heavy atom. The number of carbonyl (C=O) groups excluding carboxylic acids is 1. The summed E-state index contributed by atoms with van der Waals surface area (Å²) >= 11 is 3.32. The lowest BCUT2D eigenvalue weighted by molar-refractivity contribution is -0.125. The van der Waals surface area contributed by atoms with Crippen molar-refractivity contribution in [3.05, 3.63) is 28.7 Å². The summed E-state index contributed by atoms with van der Waals surface area (Å²) in [5.74, 6) is -0.238. The fourth-order valence-electron chi connectivity index (χ4n) is 1.10. The molecule has 0 aromatic heterocycles. The Hall–Kier alpha value is -0.910. The zero-order valence-corrected chi connectivity index (χ0v) is 9.95. The molecule has 1 aromatic carbocycles. The lowest BCUT2D eigenvalue weighted by Gasteiger charge is -2.12. The first-order valence-corrected chi connectivity index (χ1v) is 5.26. The molecule has 0 saturated heterocycles. The molecule has 0 aliphatic rings. The number of anilines is 1. The molecule has 0 radical (unpaired) electrons. The van der Waals surface area contributed by atoms with Crippen LogP contribution in [0.4, 0.5) is 5.69 Å². The van der Waals surface area contributed by atoms with Crippen LogP contribution in [-0.4, -0.2) is 25.7 Å². The zero-order chi connectivity index (χ0) is 11.3. The molecule has 82 valence electrons. The van der Waals surface area contributed by atoms with Gasteiger partial charge in [-0.3, -0.25) is 4.79 Å². The van der Waals surface area contributed by atoms with Crippen LogP contribution < -0.4 is 11.1 Å². The summed E-state index contributed by atoms with van der Waals surface area (Å²) in [6.45, 7) is 0.163. The van der Waals surface area contributed by atoms with Crippen LogP contribution in [0.5, 0.6) is 0 Å². The van der Waals surface area contributed by atoms with E-state index in [2.05, 4.69) is 21.2 Å². The molecule has 1 aromatic rings. The molecule has 1 atom stereocenters. The molecular formula is C10H13BrN2O2. The largest absolute Gasteiger partial charge is 0.370 e. The summed E-state index contributed by atoms with van der Waals surface area (Å²) in [7, 11) is 1.46. The average molecular weight is 273 g/mol. The van der Waals surface area contributed by atoms with Crippen molar-refractivity contribution in [1.29, 1.82) is 0 Å². The maximum Gasteiger partial charge on any atom is 0.254 e. The number of benzene rings is 1. The van der Waals surface area contributed by atoms with Crippen LogP contribution in [0.1, 0.15) is 0 Å². The topological polar surface area (TPSA) is 64.3 Å². The number of rotatable bonds is 4. The molecule has 0 aliphatic carbocycles. The van der Waals surface area contributed by atoms with Gasteiger partial charge in [-0.1, -0.05) is 22.0 Å². The van der Waals surface area contributed by atoms with Gasteiger partial charge in [-0.05, 0) is 18.2 Å². The monoisotopic (exact) mass is 272 g/mol. The Kier molecular flexibility index (Phi) is 4.74. The van der Waals surface area contributed by atoms with Crippen LogP contribution in [0.25, 0.3) is 0 Å². The highest BCUT2D eigenvalue weighted by Gasteiger charge is 2.15. The van der Waals surface area contributed by atoms with E-state index >= 15 is 0 Å². The summed E-state index contributed by atoms with van der Waals surface area (Å²) in [5, 5.41) is 2.71. The molecule has 5 heteroatoms. The van der Waals surface area contributed by atoms with E-state index in [1.165, 1.54) is 7.11 Å². The van der Waals surface area contributed by atoms with Gasteiger partial charge < -0.3 is 15.8 Å². The molecule has 1 rings (SSSR count). The van der Waals surface area contributed by atoms with Crippen molar-refractivity contribution in [2.45, 2.75) is 6.10 Å². The predicted octanol–water partition coefficient (Wildman–Crippen LogP) is 1.36. The lowest BCUT2D eigenvalue weighted by Crippen LogP contribution is -2.35. The minimum absolute atomic E-state index is 0.163. The number of nitrogens with two attached hydrogens (primary N) is 1. The number of halogens is 1. The minimum Gasteiger partial charge on any atom is -0.370 e. The predicted molar refractivity (Wildman–Crippen MR) is 62.6 cm³/mol. The van der Waals surface area contributed by atoms with Crippen LogP contribution >= 0.6 is 15.9 Å². The second-order valence-corrected chi connectivity index (χ2v) is 3.88. The third-order valence-electron chi connectivity index (χ3n) is 1.88. The van der Waals surface area contributed by atoms with Crippen LogP contribution in [0.3, 0.4) is 0 Å². The van der Waals surface area contributed by atoms with E-state index in [1.54, 1.807) is 12.1 Å². The summed E-state index contributed by atoms with van der Waals surface area (Å²) in [6.07, 6.45) is -0.607. The number of ether oxygens (including phenoxy) is 1. The molecule has 0 fully saturated rings. The molecule has 0 saturated carbocycles. The number of hydrogen-bond acceptors (Lipinski definition) is 3. The first-order chi connectivity index (χ1) is 7.17. The Morgan fingerprint density at radius 1 is 1.67 bits per heavy atom. The maximum atomic E-state index is 11.6. The first-order valence-electron chi connectivity index (χ1n) is 4.46. The van der Waals surface area contributed by atoms with E-state index in [0.29, 0.717) is 5.69 Å². The van der Waals surface area contributed by atoms with E-state index in [9.17, 15) is 4.79 Å². The Bertz CT molecular complexity index is 340. The van der Waals surface area contributed by atoms with E-state index in [-0.39, 0.29) is 12.5 Å². The number of methoxy groups -OCH3 is 1. The highest BCUT2D eigenvalue weighted by Crippen LogP contribution is 2.15. The molecule has 0 spiro atoms. The Labute approximate surface area is 96.9 Å². The van der Waals surface area contributed by atoms with Crippen molar-refractivity contribution >= 4 is 27.5 Å². The molecular weight excluding hydrogens is 260 g/mol. The van der Waals surface area contributed by atoms with Crippen molar-refractivity contribution in [2.75, 3.05) is 19.0 Å². The second kappa shape index (κ2) is 5.85. The van der Waals surface area contributed by atoms with Gasteiger partial charge in [-0.15, -0.1) is 0 Å². The maximum absolute atomic E-state index is 11.6. The van der Waals surface area contributed by atoms with Crippen molar-refractivity contribution in [3.63, 3.8) is 0 Å². The highest BCUT2D eigenvalue weighted by molar-refractivity contribution is 9.10. The van der Waals surface area contributed by atoms with Gasteiger partial charge in [-0.2, -0.15) is 0 Å². The normalized spacial score (nSPS) is 12.2. The zero-order valence-electron chi connectivity index (χ0n) is 8.37. The van der Waals surface area contributed by atoms with Crippen LogP contribution in [0.2, 0.25) is 0 Å². The molecule has 0 bridgehead atoms. The fourth-order valence-corrected chi connectivity index (χ4v) is 1.50. The SMILES string of the molecule is COC(CN)C(=O)Nc1cccc(Br)c1. The standard InChI is InChI=1S/C10H13BrN2O2/c1-15-9(6-12)10(14)13-8-4-2-3-7(11)5-8/h2-5,9H,6,12H2,1H3,(H,13,14). The van der Waals surface area contributed by atoms with Crippen molar-refractivity contribution in [1.82, 2.24) is 0 Å². The summed E-state index contributed by atoms with van der Waals surface area (Å²) in [6, 6.07) is 7.32. The van der Waals surface area contributed by atoms with E-state index in [1.807, 2.05) is 12.1 Å². The third kappa shape index (κ3) is 3.62. The molecule has 3 N–H and O–H groups in total. The lowest BCUT2D eigenvalue weighted by atomic mass is 10.3. The van der Waals surface area contributed by atoms with Gasteiger partial charge in [0.2, 0.25) is 0 Å². The molecule has 15 heavy (non-hydrogen) atoms. The molecule has 1 amide bonds. The third-order valence-corrected chi connectivity index (χ3v) is 2.38. The number of amides is 1. The van der Waals surface area contributed by atoms with Crippen molar-refractivity contribution < 1.29 is 9.53 Å². The Morgan fingerprint density at radius 2 is 2.40 bits per heavy atom. The van der Waals surface area contributed by atoms with Gasteiger partial charge in [0.25, 0.3) is 5.91 Å². The van der Waals surface area contributed by atoms with E-state index in [0.717, 1.165) is 4.47 Å². The van der Waals surface area contributed by atoms with Crippen LogP contribution in [0.15, 0.2) is 28.7 Å². The minimum atomic E-state index is -0.607. The second-order valence-electron chi connectivity index (χ2n) is 2.96. The first kappa shape index (κ1) is 12.2. The van der Waals surface area contributed by atoms with Gasteiger partial charge in [0.15, 0.2) is 0 Å². The van der Waals surface area contributed by atoms with Gasteiger partial charge in [0, 0.05) is 23.8 Å². The van der Waals surface area contributed by atoms with E-state index < -0.39 is 6.10 Å². The van der Waals surface area contributed by atoms with Crippen molar-refractivity contribution in [3.8, 4) is 0 Å². The smallest absolute Gasteiger partial charge is 0.254 e. The summed E-state index contributed by atoms with van der Waals surface area (Å²) in [5.41, 5.74) is 6.09. The summed E-state index contributed by atoms with van der Waals surface area (Å²) in [4.78, 5) is 11.6. The molecule has 1 unspecified atom stereocenters. The van der Waals surface area contributed by atoms with Crippen LogP contribution in [0, 0.1) is 0 Å². The van der Waals surface area contributed by atoms with Gasteiger partial charge >= 0.3 is 0 Å². The number of nitrogens with one attached hydrogen (secondary N) is 1. The average Bonchev–Trinajstić information content (AvgIpc) is 2.19. The van der Waals surface area contributed by atoms with Gasteiger partial charge in [0.05, 0.1) is 0 Å². The quantitative estimate of drug-likeness (QED) is 0.870. The van der Waals surface area contributed by atoms with Crippen LogP contribution in [-0.2, 0) is 9.53 Å².